The molecule has 0 aromatic heterocycles. The Balaban J connectivity index is 1.45. The molecular formula is C19H23N3O3. The molecule has 2 amide bonds. The summed E-state index contributed by atoms with van der Waals surface area (Å²) < 4.78 is 5.37. The lowest BCUT2D eigenvalue weighted by Crippen LogP contribution is -2.38. The van der Waals surface area contributed by atoms with Gasteiger partial charge in [0.25, 0.3) is 0 Å². The molecule has 3 atom stereocenters. The van der Waals surface area contributed by atoms with Gasteiger partial charge in [0.15, 0.2) is 0 Å². The number of carbonyl (C=O) groups excluding carboxylic acids is 2. The van der Waals surface area contributed by atoms with Gasteiger partial charge in [0, 0.05) is 25.6 Å². The molecule has 2 fully saturated rings. The smallest absolute Gasteiger partial charge is 0.410 e. The highest BCUT2D eigenvalue weighted by Gasteiger charge is 2.60. The van der Waals surface area contributed by atoms with E-state index in [4.69, 9.17) is 10.00 Å². The standard InChI is InChI=1S/C19H23N3O3/c1-19(2,3)25-18(24)22-10-14-15(11-22)16(14)17(23)21-9-13-6-4-12(8-20)5-7-13/h4-7,14-16H,9-11H2,1-3H3,(H,21,23)/t14-,15+,16+. The third-order valence-corrected chi connectivity index (χ3v) is 4.70. The fourth-order valence-electron chi connectivity index (χ4n) is 3.39. The number of hydrogen-bond acceptors (Lipinski definition) is 4. The van der Waals surface area contributed by atoms with Crippen molar-refractivity contribution >= 4 is 12.0 Å². The molecule has 1 aromatic carbocycles. The quantitative estimate of drug-likeness (QED) is 0.914. The molecule has 1 aromatic rings. The Morgan fingerprint density at radius 3 is 2.36 bits per heavy atom. The molecule has 6 heteroatoms. The van der Waals surface area contributed by atoms with Gasteiger partial charge in [-0.15, -0.1) is 0 Å². The van der Waals surface area contributed by atoms with E-state index in [1.54, 1.807) is 17.0 Å². The van der Waals surface area contributed by atoms with E-state index >= 15 is 0 Å². The van der Waals surface area contributed by atoms with Crippen molar-refractivity contribution in [2.24, 2.45) is 17.8 Å². The minimum absolute atomic E-state index is 0.00271. The van der Waals surface area contributed by atoms with E-state index in [9.17, 15) is 9.59 Å². The SMILES string of the molecule is CC(C)(C)OC(=O)N1C[C@@H]2[C@H](C1)[C@H]2C(=O)NCc1ccc(C#N)cc1. The number of likely N-dealkylation sites (tertiary alicyclic amines) is 1. The first-order chi connectivity index (χ1) is 11.8. The summed E-state index contributed by atoms with van der Waals surface area (Å²) in [5, 5.41) is 11.7. The Morgan fingerprint density at radius 2 is 1.84 bits per heavy atom. The number of rotatable bonds is 3. The molecule has 3 rings (SSSR count). The first-order valence-corrected chi connectivity index (χ1v) is 8.53. The zero-order chi connectivity index (χ0) is 18.2. The molecule has 132 valence electrons. The van der Waals surface area contributed by atoms with E-state index in [0.29, 0.717) is 25.2 Å². The van der Waals surface area contributed by atoms with Gasteiger partial charge in [-0.25, -0.2) is 4.79 Å². The minimum Gasteiger partial charge on any atom is -0.444 e. The summed E-state index contributed by atoms with van der Waals surface area (Å²) in [6.45, 7) is 7.18. The maximum absolute atomic E-state index is 12.3. The molecule has 0 radical (unpaired) electrons. The molecule has 1 aliphatic heterocycles. The minimum atomic E-state index is -0.498. The zero-order valence-corrected chi connectivity index (χ0v) is 14.8. The molecule has 6 nitrogen and oxygen atoms in total. The number of ether oxygens (including phenoxy) is 1. The summed E-state index contributed by atoms with van der Waals surface area (Å²) in [6, 6.07) is 9.24. The van der Waals surface area contributed by atoms with Gasteiger partial charge in [-0.3, -0.25) is 4.79 Å². The molecule has 1 saturated heterocycles. The predicted molar refractivity (Wildman–Crippen MR) is 91.3 cm³/mol. The fraction of sp³-hybridized carbons (Fsp3) is 0.526. The molecule has 1 heterocycles. The van der Waals surface area contributed by atoms with Crippen LogP contribution in [0.15, 0.2) is 24.3 Å². The topological polar surface area (TPSA) is 82.4 Å². The molecule has 0 unspecified atom stereocenters. The molecule has 1 N–H and O–H groups in total. The normalized spacial score (nSPS) is 24.2. The van der Waals surface area contributed by atoms with Crippen LogP contribution in [0.4, 0.5) is 4.79 Å². The summed E-state index contributed by atoms with van der Waals surface area (Å²) in [7, 11) is 0. The fourth-order valence-corrected chi connectivity index (χ4v) is 3.39. The number of nitrogens with one attached hydrogen (secondary N) is 1. The van der Waals surface area contributed by atoms with Gasteiger partial charge in [-0.05, 0) is 50.3 Å². The average molecular weight is 341 g/mol. The Morgan fingerprint density at radius 1 is 1.24 bits per heavy atom. The molecular weight excluding hydrogens is 318 g/mol. The Bertz CT molecular complexity index is 703. The number of fused-ring (bicyclic) bond motifs is 1. The van der Waals surface area contributed by atoms with E-state index in [0.717, 1.165) is 5.56 Å². The molecule has 0 bridgehead atoms. The summed E-state index contributed by atoms with van der Waals surface area (Å²) in [4.78, 5) is 26.1. The van der Waals surface area contributed by atoms with Gasteiger partial charge in [0.1, 0.15) is 5.60 Å². The monoisotopic (exact) mass is 341 g/mol. The number of piperidine rings is 1. The van der Waals surface area contributed by atoms with Crippen LogP contribution in [-0.4, -0.2) is 35.6 Å². The van der Waals surface area contributed by atoms with Gasteiger partial charge >= 0.3 is 6.09 Å². The summed E-state index contributed by atoms with van der Waals surface area (Å²) >= 11 is 0. The summed E-state index contributed by atoms with van der Waals surface area (Å²) in [5.41, 5.74) is 1.07. The molecule has 1 saturated carbocycles. The lowest BCUT2D eigenvalue weighted by Gasteiger charge is -2.25. The Labute approximate surface area is 147 Å². The van der Waals surface area contributed by atoms with Crippen LogP contribution in [0.25, 0.3) is 0 Å². The van der Waals surface area contributed by atoms with Crippen LogP contribution in [0.5, 0.6) is 0 Å². The third kappa shape index (κ3) is 3.93. The third-order valence-electron chi connectivity index (χ3n) is 4.70. The van der Waals surface area contributed by atoms with Crippen LogP contribution < -0.4 is 5.32 Å². The lowest BCUT2D eigenvalue weighted by molar-refractivity contribution is -0.123. The van der Waals surface area contributed by atoms with Crippen molar-refractivity contribution in [3.8, 4) is 6.07 Å². The Kier molecular flexibility index (Phi) is 4.42. The van der Waals surface area contributed by atoms with Crippen molar-refractivity contribution in [2.75, 3.05) is 13.1 Å². The van der Waals surface area contributed by atoms with Crippen LogP contribution in [0, 0.1) is 29.1 Å². The van der Waals surface area contributed by atoms with Gasteiger partial charge in [-0.1, -0.05) is 12.1 Å². The van der Waals surface area contributed by atoms with E-state index in [2.05, 4.69) is 11.4 Å². The van der Waals surface area contributed by atoms with Crippen LogP contribution in [-0.2, 0) is 16.1 Å². The number of nitriles is 1. The lowest BCUT2D eigenvalue weighted by atomic mass is 10.1. The molecule has 2 aliphatic rings. The number of amides is 2. The number of nitrogens with zero attached hydrogens (tertiary/aromatic N) is 2. The van der Waals surface area contributed by atoms with Gasteiger partial charge < -0.3 is 15.0 Å². The summed E-state index contributed by atoms with van der Waals surface area (Å²) in [6.07, 6.45) is -0.295. The average Bonchev–Trinajstić information content (AvgIpc) is 3.05. The van der Waals surface area contributed by atoms with E-state index < -0.39 is 5.60 Å². The zero-order valence-electron chi connectivity index (χ0n) is 14.8. The van der Waals surface area contributed by atoms with Crippen molar-refractivity contribution in [1.29, 1.82) is 5.26 Å². The van der Waals surface area contributed by atoms with Crippen LogP contribution in [0.2, 0.25) is 0 Å². The molecule has 1 aliphatic carbocycles. The second-order valence-electron chi connectivity index (χ2n) is 7.77. The number of hydrogen-bond donors (Lipinski definition) is 1. The van der Waals surface area contributed by atoms with Gasteiger partial charge in [0.05, 0.1) is 11.6 Å². The van der Waals surface area contributed by atoms with Crippen molar-refractivity contribution in [3.05, 3.63) is 35.4 Å². The highest BCUT2D eigenvalue weighted by atomic mass is 16.6. The van der Waals surface area contributed by atoms with E-state index in [1.807, 2.05) is 32.9 Å². The highest BCUT2D eigenvalue weighted by Crippen LogP contribution is 2.52. The van der Waals surface area contributed by atoms with E-state index in [-0.39, 0.29) is 29.8 Å². The van der Waals surface area contributed by atoms with Crippen molar-refractivity contribution in [3.63, 3.8) is 0 Å². The maximum atomic E-state index is 12.3. The van der Waals surface area contributed by atoms with E-state index in [1.165, 1.54) is 0 Å². The maximum Gasteiger partial charge on any atom is 0.410 e. The highest BCUT2D eigenvalue weighted by molar-refractivity contribution is 5.83. The Hall–Kier alpha value is -2.55. The molecule has 0 spiro atoms. The first-order valence-electron chi connectivity index (χ1n) is 8.53. The molecule has 25 heavy (non-hydrogen) atoms. The number of carbonyl (C=O) groups is 2. The second kappa shape index (κ2) is 6.40. The number of benzene rings is 1. The van der Waals surface area contributed by atoms with Gasteiger partial charge in [0.2, 0.25) is 5.91 Å². The largest absolute Gasteiger partial charge is 0.444 e. The second-order valence-corrected chi connectivity index (χ2v) is 7.77. The van der Waals surface area contributed by atoms with Gasteiger partial charge in [-0.2, -0.15) is 5.26 Å². The van der Waals surface area contributed by atoms with Crippen molar-refractivity contribution in [2.45, 2.75) is 32.9 Å². The first kappa shape index (κ1) is 17.3. The predicted octanol–water partition coefficient (Wildman–Crippen LogP) is 2.29. The van der Waals surface area contributed by atoms with Crippen LogP contribution >= 0.6 is 0 Å². The van der Waals surface area contributed by atoms with Crippen molar-refractivity contribution < 1.29 is 14.3 Å². The summed E-state index contributed by atoms with van der Waals surface area (Å²) in [5.74, 6) is 0.530. The van der Waals surface area contributed by atoms with Crippen molar-refractivity contribution in [1.82, 2.24) is 10.2 Å². The van der Waals surface area contributed by atoms with Crippen LogP contribution in [0.1, 0.15) is 31.9 Å². The van der Waals surface area contributed by atoms with Crippen LogP contribution in [0.3, 0.4) is 0 Å².